The van der Waals surface area contributed by atoms with E-state index in [2.05, 4.69) is 37.7 Å². The molecule has 1 unspecified atom stereocenters. The first-order valence-corrected chi connectivity index (χ1v) is 18.5. The van der Waals surface area contributed by atoms with Crippen molar-refractivity contribution in [2.75, 3.05) is 6.54 Å². The molecule has 2 amide bonds. The molecule has 4 fully saturated rings. The second-order valence-electron chi connectivity index (χ2n) is 15.2. The number of nitrogens with one attached hydrogen (secondary N) is 2. The van der Waals surface area contributed by atoms with Crippen molar-refractivity contribution < 1.29 is 23.4 Å². The van der Waals surface area contributed by atoms with E-state index in [4.69, 9.17) is 0 Å². The molecule has 8 heteroatoms. The van der Waals surface area contributed by atoms with Gasteiger partial charge in [-0.3, -0.25) is 0 Å². The van der Waals surface area contributed by atoms with E-state index in [0.29, 0.717) is 47.4 Å². The molecule has 6 rings (SSSR count). The molecule has 4 saturated carbocycles. The van der Waals surface area contributed by atoms with Gasteiger partial charge >= 0.3 is 6.03 Å². The molecule has 0 aromatic heterocycles. The maximum Gasteiger partial charge on any atom is 0.328 e. The molecular weight excluding hydrogens is 572 g/mol. The van der Waals surface area contributed by atoms with Gasteiger partial charge in [0.2, 0.25) is 0 Å². The Morgan fingerprint density at radius 2 is 1.66 bits per heavy atom. The van der Waals surface area contributed by atoms with Crippen LogP contribution < -0.4 is 10.0 Å². The Hall–Kier alpha value is -2.16. The van der Waals surface area contributed by atoms with Crippen LogP contribution in [0.1, 0.15) is 85.5 Å². The minimum absolute atomic E-state index is 0.0967. The summed E-state index contributed by atoms with van der Waals surface area (Å²) in [5.41, 5.74) is 0.343. The minimum Gasteiger partial charge on any atom is -0.393 e. The number of benzene rings is 2. The third-order valence-electron chi connectivity index (χ3n) is 13.3. The molecular formula is C36H52N2O5S. The number of carbonyl (C=O) groups is 1. The van der Waals surface area contributed by atoms with Crippen molar-refractivity contribution >= 4 is 26.8 Å². The van der Waals surface area contributed by atoms with Crippen molar-refractivity contribution in [2.24, 2.45) is 52.3 Å². The normalized spacial score (nSPS) is 39.1. The first-order chi connectivity index (χ1) is 20.9. The molecule has 0 heterocycles. The van der Waals surface area contributed by atoms with Crippen LogP contribution in [0.15, 0.2) is 47.4 Å². The standard InChI is InChI=1S/C36H52N2O5S/c1-5-25-30-21-24(39)15-18-36(30,4)29-16-19-35(3)27(13-14-28(35)32(29)33(25)40)22(2)17-20-37-34(41)38-44(42,43)31-12-8-10-23-9-6-7-11-26(23)31/h6-12,22,24-25,27-30,32-33,39-40H,5,13-21H2,1-4H3,(H2,37,38,41)/t22-,24-,25-,27-,28+,29+,30+,32-,33-,35-,36?/m1/s1. The Bertz CT molecular complexity index is 1470. The number of sulfonamides is 1. The first-order valence-electron chi connectivity index (χ1n) is 17.0. The molecule has 44 heavy (non-hydrogen) atoms. The van der Waals surface area contributed by atoms with Crippen LogP contribution in [0.2, 0.25) is 0 Å². The van der Waals surface area contributed by atoms with Gasteiger partial charge in [0.1, 0.15) is 0 Å². The van der Waals surface area contributed by atoms with Crippen molar-refractivity contribution in [2.45, 2.75) is 103 Å². The highest BCUT2D eigenvalue weighted by Crippen LogP contribution is 2.69. The Morgan fingerprint density at radius 1 is 0.955 bits per heavy atom. The summed E-state index contributed by atoms with van der Waals surface area (Å²) in [4.78, 5) is 12.8. The van der Waals surface area contributed by atoms with E-state index in [1.807, 2.05) is 18.2 Å². The minimum atomic E-state index is -4.02. The largest absolute Gasteiger partial charge is 0.393 e. The van der Waals surface area contributed by atoms with Gasteiger partial charge in [-0.15, -0.1) is 0 Å². The van der Waals surface area contributed by atoms with E-state index < -0.39 is 16.1 Å². The van der Waals surface area contributed by atoms with Gasteiger partial charge in [0, 0.05) is 11.9 Å². The Morgan fingerprint density at radius 3 is 2.43 bits per heavy atom. The molecule has 4 N–H and O–H groups in total. The summed E-state index contributed by atoms with van der Waals surface area (Å²) < 4.78 is 28.4. The van der Waals surface area contributed by atoms with E-state index in [1.165, 1.54) is 12.5 Å². The van der Waals surface area contributed by atoms with Crippen LogP contribution in [0.4, 0.5) is 4.79 Å². The van der Waals surface area contributed by atoms with Gasteiger partial charge in [0.25, 0.3) is 10.0 Å². The van der Waals surface area contributed by atoms with Crippen molar-refractivity contribution in [1.29, 1.82) is 0 Å². The van der Waals surface area contributed by atoms with Gasteiger partial charge in [0.05, 0.1) is 17.1 Å². The van der Waals surface area contributed by atoms with Gasteiger partial charge < -0.3 is 15.5 Å². The van der Waals surface area contributed by atoms with E-state index >= 15 is 0 Å². The third-order valence-corrected chi connectivity index (χ3v) is 14.7. The van der Waals surface area contributed by atoms with Crippen LogP contribution in [0.25, 0.3) is 10.8 Å². The number of hydrogen-bond acceptors (Lipinski definition) is 5. The van der Waals surface area contributed by atoms with Crippen molar-refractivity contribution in [3.05, 3.63) is 42.5 Å². The zero-order valence-corrected chi connectivity index (χ0v) is 27.7. The van der Waals surface area contributed by atoms with Crippen LogP contribution in [-0.4, -0.2) is 43.4 Å². The number of hydrogen-bond donors (Lipinski definition) is 4. The van der Waals surface area contributed by atoms with Gasteiger partial charge in [-0.2, -0.15) is 0 Å². The summed E-state index contributed by atoms with van der Waals surface area (Å²) in [5, 5.41) is 26.7. The number of rotatable bonds is 7. The van der Waals surface area contributed by atoms with Crippen LogP contribution in [0, 0.1) is 52.3 Å². The van der Waals surface area contributed by atoms with Crippen LogP contribution in [0.5, 0.6) is 0 Å². The van der Waals surface area contributed by atoms with E-state index in [0.717, 1.165) is 56.8 Å². The number of carbonyl (C=O) groups excluding carboxylic acids is 1. The Balaban J connectivity index is 1.09. The zero-order chi connectivity index (χ0) is 31.4. The van der Waals surface area contributed by atoms with E-state index in [1.54, 1.807) is 18.2 Å². The fraction of sp³-hybridized carbons (Fsp3) is 0.694. The molecule has 242 valence electrons. The molecule has 2 aromatic carbocycles. The van der Waals surface area contributed by atoms with Crippen LogP contribution >= 0.6 is 0 Å². The summed E-state index contributed by atoms with van der Waals surface area (Å²) in [6.07, 6.45) is 8.57. The van der Waals surface area contributed by atoms with E-state index in [-0.39, 0.29) is 33.9 Å². The molecule has 11 atom stereocenters. The van der Waals surface area contributed by atoms with Crippen molar-refractivity contribution in [3.63, 3.8) is 0 Å². The molecule has 0 spiro atoms. The lowest BCUT2D eigenvalue weighted by atomic mass is 9.41. The fourth-order valence-corrected chi connectivity index (χ4v) is 12.3. The molecule has 0 saturated heterocycles. The van der Waals surface area contributed by atoms with Crippen molar-refractivity contribution in [3.8, 4) is 0 Å². The molecule has 2 aromatic rings. The fourth-order valence-electron chi connectivity index (χ4n) is 11.2. The second-order valence-corrected chi connectivity index (χ2v) is 16.9. The average Bonchev–Trinajstić information content (AvgIpc) is 3.35. The highest BCUT2D eigenvalue weighted by Gasteiger charge is 2.64. The molecule has 0 radical (unpaired) electrons. The molecule has 0 bridgehead atoms. The predicted molar refractivity (Wildman–Crippen MR) is 173 cm³/mol. The molecule has 7 nitrogen and oxygen atoms in total. The van der Waals surface area contributed by atoms with Gasteiger partial charge in [-0.05, 0) is 115 Å². The lowest BCUT2D eigenvalue weighted by Gasteiger charge is -2.64. The predicted octanol–water partition coefficient (Wildman–Crippen LogP) is 6.48. The number of aliphatic hydroxyl groups excluding tert-OH is 2. The van der Waals surface area contributed by atoms with Crippen LogP contribution in [-0.2, 0) is 10.0 Å². The maximum absolute atomic E-state index is 13.1. The smallest absolute Gasteiger partial charge is 0.328 e. The molecule has 0 aliphatic heterocycles. The summed E-state index contributed by atoms with van der Waals surface area (Å²) in [6, 6.07) is 11.6. The summed E-state index contributed by atoms with van der Waals surface area (Å²) in [6.45, 7) is 9.84. The number of aliphatic hydroxyl groups is 2. The second kappa shape index (κ2) is 11.9. The van der Waals surface area contributed by atoms with Crippen molar-refractivity contribution in [1.82, 2.24) is 10.0 Å². The summed E-state index contributed by atoms with van der Waals surface area (Å²) >= 11 is 0. The quantitative estimate of drug-likeness (QED) is 0.282. The summed E-state index contributed by atoms with van der Waals surface area (Å²) in [5.74, 6) is 2.84. The SMILES string of the molecule is CC[C@H]1[C@@H](O)[C@H]2[C@H](CC[C@]3(C)[C@@H]([C@H](C)CCNC(=O)NS(=O)(=O)c4cccc5ccccc45)CC[C@@H]23)C2(C)CC[C@@H](O)C[C@@H]12. The maximum atomic E-state index is 13.1. The third kappa shape index (κ3) is 5.27. The number of urea groups is 1. The number of amides is 2. The highest BCUT2D eigenvalue weighted by molar-refractivity contribution is 7.90. The Kier molecular flexibility index (Phi) is 8.59. The lowest BCUT2D eigenvalue weighted by molar-refractivity contribution is -0.203. The topological polar surface area (TPSA) is 116 Å². The van der Waals surface area contributed by atoms with Crippen LogP contribution in [0.3, 0.4) is 0 Å². The zero-order valence-electron chi connectivity index (χ0n) is 26.8. The van der Waals surface area contributed by atoms with Gasteiger partial charge in [-0.25, -0.2) is 17.9 Å². The highest BCUT2D eigenvalue weighted by atomic mass is 32.2. The number of fused-ring (bicyclic) bond motifs is 6. The monoisotopic (exact) mass is 624 g/mol. The van der Waals surface area contributed by atoms with Gasteiger partial charge in [0.15, 0.2) is 0 Å². The first kappa shape index (κ1) is 31.8. The average molecular weight is 625 g/mol. The van der Waals surface area contributed by atoms with Gasteiger partial charge in [-0.1, -0.05) is 70.5 Å². The Labute approximate surface area is 263 Å². The molecule has 4 aliphatic carbocycles. The van der Waals surface area contributed by atoms with E-state index in [9.17, 15) is 23.4 Å². The summed E-state index contributed by atoms with van der Waals surface area (Å²) in [7, 11) is -4.02. The lowest BCUT2D eigenvalue weighted by Crippen LogP contribution is -2.62. The molecule has 4 aliphatic rings.